The summed E-state index contributed by atoms with van der Waals surface area (Å²) in [6.45, 7) is 0.00105. The van der Waals surface area contributed by atoms with Gasteiger partial charge in [0.05, 0.1) is 12.1 Å². The second-order valence-electron chi connectivity index (χ2n) is 5.08. The zero-order valence-electron chi connectivity index (χ0n) is 10.5. The number of amides is 1. The smallest absolute Gasteiger partial charge is 0.251 e. The van der Waals surface area contributed by atoms with E-state index >= 15 is 0 Å². The Labute approximate surface area is 107 Å². The normalized spacial score (nSPS) is 18.3. The Morgan fingerprint density at radius 3 is 2.67 bits per heavy atom. The molecule has 18 heavy (non-hydrogen) atoms. The predicted molar refractivity (Wildman–Crippen MR) is 71.2 cm³/mol. The van der Waals surface area contributed by atoms with Crippen molar-refractivity contribution in [1.82, 2.24) is 5.32 Å². The van der Waals surface area contributed by atoms with Crippen LogP contribution in [0.4, 0.5) is 5.69 Å². The predicted octanol–water partition coefficient (Wildman–Crippen LogP) is 1.69. The second kappa shape index (κ2) is 5.40. The highest BCUT2D eigenvalue weighted by Crippen LogP contribution is 2.28. The molecule has 0 aromatic heterocycles. The van der Waals surface area contributed by atoms with E-state index in [0.717, 1.165) is 25.7 Å². The van der Waals surface area contributed by atoms with Gasteiger partial charge in [-0.3, -0.25) is 4.79 Å². The van der Waals surface area contributed by atoms with E-state index < -0.39 is 5.54 Å². The van der Waals surface area contributed by atoms with E-state index in [1.54, 1.807) is 24.3 Å². The van der Waals surface area contributed by atoms with Gasteiger partial charge in [0.15, 0.2) is 0 Å². The lowest BCUT2D eigenvalue weighted by Gasteiger charge is -2.36. The molecule has 1 aromatic rings. The van der Waals surface area contributed by atoms with E-state index in [-0.39, 0.29) is 12.5 Å². The first-order valence-corrected chi connectivity index (χ1v) is 6.44. The molecule has 2 rings (SSSR count). The number of hydrogen-bond donors (Lipinski definition) is 3. The van der Waals surface area contributed by atoms with Gasteiger partial charge in [0.2, 0.25) is 0 Å². The third-order valence-corrected chi connectivity index (χ3v) is 3.64. The summed E-state index contributed by atoms with van der Waals surface area (Å²) >= 11 is 0. The second-order valence-corrected chi connectivity index (χ2v) is 5.08. The Kier molecular flexibility index (Phi) is 3.87. The van der Waals surface area contributed by atoms with Gasteiger partial charge in [-0.15, -0.1) is 0 Å². The van der Waals surface area contributed by atoms with Gasteiger partial charge in [-0.2, -0.15) is 0 Å². The molecule has 1 saturated carbocycles. The van der Waals surface area contributed by atoms with Crippen molar-refractivity contribution in [2.24, 2.45) is 0 Å². The summed E-state index contributed by atoms with van der Waals surface area (Å²) < 4.78 is 0. The highest BCUT2D eigenvalue weighted by Gasteiger charge is 2.33. The molecule has 1 aliphatic rings. The average molecular weight is 248 g/mol. The number of aliphatic hydroxyl groups is 1. The van der Waals surface area contributed by atoms with Gasteiger partial charge in [-0.1, -0.05) is 25.3 Å². The number of nitrogens with two attached hydrogens (primary N) is 1. The summed E-state index contributed by atoms with van der Waals surface area (Å²) in [5.74, 6) is -0.154. The third-order valence-electron chi connectivity index (χ3n) is 3.64. The highest BCUT2D eigenvalue weighted by molar-refractivity contribution is 5.95. The Bertz CT molecular complexity index is 426. The molecule has 0 bridgehead atoms. The molecule has 0 spiro atoms. The van der Waals surface area contributed by atoms with Crippen LogP contribution in [0, 0.1) is 0 Å². The summed E-state index contributed by atoms with van der Waals surface area (Å²) in [7, 11) is 0. The highest BCUT2D eigenvalue weighted by atomic mass is 16.3. The topological polar surface area (TPSA) is 75.4 Å². The van der Waals surface area contributed by atoms with Crippen molar-refractivity contribution in [3.8, 4) is 0 Å². The zero-order valence-corrected chi connectivity index (χ0v) is 10.5. The van der Waals surface area contributed by atoms with E-state index in [9.17, 15) is 9.90 Å². The van der Waals surface area contributed by atoms with Gasteiger partial charge in [0, 0.05) is 11.3 Å². The Morgan fingerprint density at radius 2 is 2.06 bits per heavy atom. The molecule has 1 amide bonds. The Hall–Kier alpha value is -1.55. The molecule has 0 heterocycles. The van der Waals surface area contributed by atoms with Gasteiger partial charge in [0.1, 0.15) is 0 Å². The van der Waals surface area contributed by atoms with Crippen LogP contribution >= 0.6 is 0 Å². The quantitative estimate of drug-likeness (QED) is 0.713. The molecule has 4 N–H and O–H groups in total. The monoisotopic (exact) mass is 248 g/mol. The molecule has 1 fully saturated rings. The van der Waals surface area contributed by atoms with Crippen LogP contribution in [0.3, 0.4) is 0 Å². The van der Waals surface area contributed by atoms with Crippen LogP contribution in [0.2, 0.25) is 0 Å². The van der Waals surface area contributed by atoms with Gasteiger partial charge in [-0.25, -0.2) is 0 Å². The molecule has 4 heteroatoms. The van der Waals surface area contributed by atoms with Crippen LogP contribution in [-0.4, -0.2) is 23.2 Å². The van der Waals surface area contributed by atoms with Crippen molar-refractivity contribution in [3.63, 3.8) is 0 Å². The maximum atomic E-state index is 12.2. The summed E-state index contributed by atoms with van der Waals surface area (Å²) in [5, 5.41) is 12.5. The van der Waals surface area contributed by atoms with Crippen molar-refractivity contribution in [3.05, 3.63) is 29.8 Å². The molecule has 0 atom stereocenters. The third kappa shape index (κ3) is 2.82. The first-order valence-electron chi connectivity index (χ1n) is 6.44. The fraction of sp³-hybridized carbons (Fsp3) is 0.500. The van der Waals surface area contributed by atoms with Crippen molar-refractivity contribution >= 4 is 11.6 Å². The lowest BCUT2D eigenvalue weighted by atomic mass is 9.82. The molecule has 0 unspecified atom stereocenters. The van der Waals surface area contributed by atoms with E-state index in [0.29, 0.717) is 11.3 Å². The fourth-order valence-corrected chi connectivity index (χ4v) is 2.54. The maximum Gasteiger partial charge on any atom is 0.251 e. The Morgan fingerprint density at radius 1 is 1.33 bits per heavy atom. The van der Waals surface area contributed by atoms with Crippen LogP contribution in [-0.2, 0) is 0 Å². The van der Waals surface area contributed by atoms with Gasteiger partial charge < -0.3 is 16.2 Å². The van der Waals surface area contributed by atoms with Crippen molar-refractivity contribution in [1.29, 1.82) is 0 Å². The minimum Gasteiger partial charge on any atom is -0.399 e. The van der Waals surface area contributed by atoms with Gasteiger partial charge in [0.25, 0.3) is 5.91 Å². The Balaban J connectivity index is 2.10. The number of rotatable bonds is 3. The van der Waals surface area contributed by atoms with E-state index in [4.69, 9.17) is 5.73 Å². The van der Waals surface area contributed by atoms with Crippen molar-refractivity contribution < 1.29 is 9.90 Å². The molecule has 98 valence electrons. The number of anilines is 1. The molecular weight excluding hydrogens is 228 g/mol. The maximum absolute atomic E-state index is 12.2. The lowest BCUT2D eigenvalue weighted by Crippen LogP contribution is -2.52. The molecule has 1 aliphatic carbocycles. The fourth-order valence-electron chi connectivity index (χ4n) is 2.54. The summed E-state index contributed by atoms with van der Waals surface area (Å²) in [6.07, 6.45) is 4.97. The van der Waals surface area contributed by atoms with Crippen LogP contribution in [0.15, 0.2) is 24.3 Å². The largest absolute Gasteiger partial charge is 0.399 e. The minimum absolute atomic E-state index is 0.00105. The molecule has 0 radical (unpaired) electrons. The van der Waals surface area contributed by atoms with Gasteiger partial charge in [-0.05, 0) is 31.0 Å². The number of aliphatic hydroxyl groups excluding tert-OH is 1. The summed E-state index contributed by atoms with van der Waals surface area (Å²) in [6, 6.07) is 6.90. The van der Waals surface area contributed by atoms with Crippen LogP contribution < -0.4 is 11.1 Å². The van der Waals surface area contributed by atoms with Gasteiger partial charge >= 0.3 is 0 Å². The molecular formula is C14H20N2O2. The number of hydrogen-bond acceptors (Lipinski definition) is 3. The molecule has 4 nitrogen and oxygen atoms in total. The van der Waals surface area contributed by atoms with Crippen molar-refractivity contribution in [2.45, 2.75) is 37.6 Å². The van der Waals surface area contributed by atoms with Crippen LogP contribution in [0.5, 0.6) is 0 Å². The average Bonchev–Trinajstić information content (AvgIpc) is 2.40. The first kappa shape index (κ1) is 12.9. The molecule has 1 aromatic carbocycles. The minimum atomic E-state index is -0.445. The van der Waals surface area contributed by atoms with E-state index in [1.807, 2.05) is 0 Å². The number of carbonyl (C=O) groups is 1. The van der Waals surface area contributed by atoms with Crippen LogP contribution in [0.25, 0.3) is 0 Å². The zero-order chi connectivity index (χ0) is 13.0. The van der Waals surface area contributed by atoms with E-state index in [2.05, 4.69) is 5.32 Å². The lowest BCUT2D eigenvalue weighted by molar-refractivity contribution is 0.0758. The van der Waals surface area contributed by atoms with E-state index in [1.165, 1.54) is 6.42 Å². The first-order chi connectivity index (χ1) is 8.65. The SMILES string of the molecule is Nc1cccc(C(=O)NC2(CO)CCCCC2)c1. The number of carbonyl (C=O) groups excluding carboxylic acids is 1. The summed E-state index contributed by atoms with van der Waals surface area (Å²) in [5.41, 5.74) is 6.34. The standard InChI is InChI=1S/C14H20N2O2/c15-12-6-4-5-11(9-12)13(18)16-14(10-17)7-2-1-3-8-14/h4-6,9,17H,1-3,7-8,10,15H2,(H,16,18). The number of benzene rings is 1. The van der Waals surface area contributed by atoms with Crippen LogP contribution in [0.1, 0.15) is 42.5 Å². The van der Waals surface area contributed by atoms with Crippen molar-refractivity contribution in [2.75, 3.05) is 12.3 Å². The number of nitrogen functional groups attached to an aromatic ring is 1. The molecule has 0 aliphatic heterocycles. The molecule has 0 saturated heterocycles. The number of nitrogens with one attached hydrogen (secondary N) is 1. The summed E-state index contributed by atoms with van der Waals surface area (Å²) in [4.78, 5) is 12.2.